The maximum absolute atomic E-state index is 12.6. The van der Waals surface area contributed by atoms with E-state index in [-0.39, 0.29) is 23.8 Å². The molecule has 1 atom stereocenters. The van der Waals surface area contributed by atoms with Gasteiger partial charge in [-0.3, -0.25) is 14.5 Å². The summed E-state index contributed by atoms with van der Waals surface area (Å²) in [5.41, 5.74) is 1.20. The maximum Gasteiger partial charge on any atom is 0.234 e. The number of hydrogen-bond donors (Lipinski definition) is 2. The van der Waals surface area contributed by atoms with Crippen LogP contribution in [0.5, 0.6) is 0 Å². The zero-order chi connectivity index (χ0) is 19.1. The molecule has 1 aromatic carbocycles. The lowest BCUT2D eigenvalue weighted by Crippen LogP contribution is -2.45. The summed E-state index contributed by atoms with van der Waals surface area (Å²) < 4.78 is 0. The summed E-state index contributed by atoms with van der Waals surface area (Å²) in [6.07, 6.45) is 6.20. The van der Waals surface area contributed by atoms with Crippen LogP contribution < -0.4 is 10.6 Å². The number of piperidine rings is 1. The van der Waals surface area contributed by atoms with Gasteiger partial charge in [0.25, 0.3) is 0 Å². The second kappa shape index (κ2) is 9.88. The van der Waals surface area contributed by atoms with Crippen LogP contribution in [-0.4, -0.2) is 42.9 Å². The van der Waals surface area contributed by atoms with Crippen molar-refractivity contribution in [3.05, 3.63) is 35.9 Å². The van der Waals surface area contributed by atoms with Crippen LogP contribution in [0, 0.1) is 11.8 Å². The van der Waals surface area contributed by atoms with Crippen LogP contribution in [0.3, 0.4) is 0 Å². The maximum atomic E-state index is 12.6. The van der Waals surface area contributed by atoms with Crippen molar-refractivity contribution in [2.45, 2.75) is 51.5 Å². The van der Waals surface area contributed by atoms with Gasteiger partial charge in [0, 0.05) is 12.5 Å². The molecule has 0 aromatic heterocycles. The Hall–Kier alpha value is -1.88. The van der Waals surface area contributed by atoms with Crippen LogP contribution in [0.2, 0.25) is 0 Å². The number of nitrogens with one attached hydrogen (secondary N) is 2. The topological polar surface area (TPSA) is 61.4 Å². The molecule has 1 saturated heterocycles. The van der Waals surface area contributed by atoms with Gasteiger partial charge >= 0.3 is 0 Å². The molecule has 1 aromatic rings. The molecule has 2 fully saturated rings. The molecule has 1 aliphatic carbocycles. The van der Waals surface area contributed by atoms with Gasteiger partial charge in [0.15, 0.2) is 0 Å². The number of carbonyl (C=O) groups excluding carboxylic acids is 2. The molecule has 27 heavy (non-hydrogen) atoms. The van der Waals surface area contributed by atoms with Crippen molar-refractivity contribution in [3.8, 4) is 0 Å². The van der Waals surface area contributed by atoms with Crippen LogP contribution in [0.4, 0.5) is 0 Å². The zero-order valence-electron chi connectivity index (χ0n) is 16.5. The first-order chi connectivity index (χ1) is 13.2. The first kappa shape index (κ1) is 19.9. The van der Waals surface area contributed by atoms with Crippen molar-refractivity contribution in [1.29, 1.82) is 0 Å². The average Bonchev–Trinajstić information content (AvgIpc) is 3.52. The fourth-order valence-electron chi connectivity index (χ4n) is 3.87. The van der Waals surface area contributed by atoms with Crippen molar-refractivity contribution >= 4 is 11.8 Å². The number of unbranched alkanes of at least 4 members (excludes halogenated alkanes) is 1. The Kier molecular flexibility index (Phi) is 7.27. The van der Waals surface area contributed by atoms with Gasteiger partial charge < -0.3 is 10.6 Å². The first-order valence-electron chi connectivity index (χ1n) is 10.5. The van der Waals surface area contributed by atoms with Crippen molar-refractivity contribution in [2.75, 3.05) is 26.2 Å². The monoisotopic (exact) mass is 371 g/mol. The Labute approximate surface area is 162 Å². The highest BCUT2D eigenvalue weighted by molar-refractivity contribution is 5.79. The standard InChI is InChI=1S/C22H33N3O2/c1-2-3-13-23-22(27)19-11-14-25(15-12-19)16-20(26)24-21(18-9-10-18)17-7-5-4-6-8-17/h4-8,18-19,21H,2-3,9-16H2,1H3,(H,23,27)(H,24,26). The number of likely N-dealkylation sites (tertiary alicyclic amines) is 1. The molecule has 0 spiro atoms. The van der Waals surface area contributed by atoms with Gasteiger partial charge in [-0.25, -0.2) is 0 Å². The first-order valence-corrected chi connectivity index (χ1v) is 10.5. The molecule has 5 nitrogen and oxygen atoms in total. The molecule has 1 heterocycles. The fraction of sp³-hybridized carbons (Fsp3) is 0.636. The van der Waals surface area contributed by atoms with Crippen LogP contribution in [-0.2, 0) is 9.59 Å². The lowest BCUT2D eigenvalue weighted by molar-refractivity contribution is -0.127. The summed E-state index contributed by atoms with van der Waals surface area (Å²) in [6, 6.07) is 10.4. The largest absolute Gasteiger partial charge is 0.356 e. The highest BCUT2D eigenvalue weighted by Crippen LogP contribution is 2.40. The highest BCUT2D eigenvalue weighted by atomic mass is 16.2. The summed E-state index contributed by atoms with van der Waals surface area (Å²) in [4.78, 5) is 26.9. The predicted molar refractivity (Wildman–Crippen MR) is 107 cm³/mol. The Morgan fingerprint density at radius 3 is 2.44 bits per heavy atom. The van der Waals surface area contributed by atoms with Crippen molar-refractivity contribution < 1.29 is 9.59 Å². The fourth-order valence-corrected chi connectivity index (χ4v) is 3.87. The minimum Gasteiger partial charge on any atom is -0.356 e. The third-order valence-electron chi connectivity index (χ3n) is 5.72. The Balaban J connectivity index is 1.42. The number of rotatable bonds is 9. The van der Waals surface area contributed by atoms with E-state index in [1.54, 1.807) is 0 Å². The van der Waals surface area contributed by atoms with Crippen molar-refractivity contribution in [1.82, 2.24) is 15.5 Å². The van der Waals surface area contributed by atoms with E-state index in [0.29, 0.717) is 12.5 Å². The summed E-state index contributed by atoms with van der Waals surface area (Å²) >= 11 is 0. The van der Waals surface area contributed by atoms with Crippen molar-refractivity contribution in [2.24, 2.45) is 11.8 Å². The minimum atomic E-state index is 0.0987. The number of carbonyl (C=O) groups is 2. The van der Waals surface area contributed by atoms with E-state index >= 15 is 0 Å². The van der Waals surface area contributed by atoms with Crippen molar-refractivity contribution in [3.63, 3.8) is 0 Å². The molecular weight excluding hydrogens is 338 g/mol. The number of hydrogen-bond acceptors (Lipinski definition) is 3. The summed E-state index contributed by atoms with van der Waals surface area (Å²) in [5, 5.41) is 6.29. The molecule has 2 amide bonds. The summed E-state index contributed by atoms with van der Waals surface area (Å²) in [7, 11) is 0. The van der Waals surface area contributed by atoms with E-state index in [1.165, 1.54) is 18.4 Å². The van der Waals surface area contributed by atoms with E-state index in [1.807, 2.05) is 18.2 Å². The molecule has 1 unspecified atom stereocenters. The minimum absolute atomic E-state index is 0.0987. The number of nitrogens with zero attached hydrogens (tertiary/aromatic N) is 1. The quantitative estimate of drug-likeness (QED) is 0.656. The molecule has 1 aliphatic heterocycles. The highest BCUT2D eigenvalue weighted by Gasteiger charge is 2.34. The van der Waals surface area contributed by atoms with Gasteiger partial charge in [-0.15, -0.1) is 0 Å². The second-order valence-electron chi connectivity index (χ2n) is 7.99. The zero-order valence-corrected chi connectivity index (χ0v) is 16.5. The smallest absolute Gasteiger partial charge is 0.234 e. The molecule has 148 valence electrons. The SMILES string of the molecule is CCCCNC(=O)C1CCN(CC(=O)NC(c2ccccc2)C2CC2)CC1. The Morgan fingerprint density at radius 1 is 1.11 bits per heavy atom. The number of benzene rings is 1. The molecule has 1 saturated carbocycles. The van der Waals surface area contributed by atoms with Gasteiger partial charge in [-0.05, 0) is 56.7 Å². The molecule has 5 heteroatoms. The third-order valence-corrected chi connectivity index (χ3v) is 5.72. The lowest BCUT2D eigenvalue weighted by atomic mass is 9.96. The van der Waals surface area contributed by atoms with E-state index in [0.717, 1.165) is 45.3 Å². The molecule has 2 N–H and O–H groups in total. The van der Waals surface area contributed by atoms with E-state index in [9.17, 15) is 9.59 Å². The van der Waals surface area contributed by atoms with Crippen LogP contribution in [0.1, 0.15) is 57.1 Å². The molecule has 2 aliphatic rings. The summed E-state index contributed by atoms with van der Waals surface area (Å²) in [5.74, 6) is 0.964. The molecule has 0 bridgehead atoms. The van der Waals surface area contributed by atoms with Gasteiger partial charge in [0.05, 0.1) is 12.6 Å². The lowest BCUT2D eigenvalue weighted by Gasteiger charge is -2.31. The molecule has 0 radical (unpaired) electrons. The van der Waals surface area contributed by atoms with E-state index in [2.05, 4.69) is 34.6 Å². The molecule has 3 rings (SSSR count). The van der Waals surface area contributed by atoms with Crippen LogP contribution >= 0.6 is 0 Å². The van der Waals surface area contributed by atoms with E-state index < -0.39 is 0 Å². The van der Waals surface area contributed by atoms with Crippen LogP contribution in [0.25, 0.3) is 0 Å². The Bertz CT molecular complexity index is 607. The second-order valence-corrected chi connectivity index (χ2v) is 7.99. The van der Waals surface area contributed by atoms with Gasteiger partial charge in [-0.1, -0.05) is 43.7 Å². The molecular formula is C22H33N3O2. The van der Waals surface area contributed by atoms with Gasteiger partial charge in [-0.2, -0.15) is 0 Å². The van der Waals surface area contributed by atoms with Crippen LogP contribution in [0.15, 0.2) is 30.3 Å². The number of amides is 2. The average molecular weight is 372 g/mol. The normalized spacial score (nSPS) is 19.4. The summed E-state index contributed by atoms with van der Waals surface area (Å²) in [6.45, 7) is 4.97. The third kappa shape index (κ3) is 6.06. The predicted octanol–water partition coefficient (Wildman–Crippen LogP) is 2.88. The van der Waals surface area contributed by atoms with E-state index in [4.69, 9.17) is 0 Å². The Morgan fingerprint density at radius 2 is 1.81 bits per heavy atom. The van der Waals surface area contributed by atoms with Gasteiger partial charge in [0.2, 0.25) is 11.8 Å². The van der Waals surface area contributed by atoms with Gasteiger partial charge in [0.1, 0.15) is 0 Å².